The molecule has 0 radical (unpaired) electrons. The molecular formula is C18H15NO5S. The number of amides is 2. The van der Waals surface area contributed by atoms with Crippen LogP contribution in [0.1, 0.15) is 5.56 Å². The van der Waals surface area contributed by atoms with Crippen molar-refractivity contribution in [2.45, 2.75) is 0 Å². The lowest BCUT2D eigenvalue weighted by molar-refractivity contribution is -0.113. The number of methoxy groups -OCH3 is 2. The first-order valence-corrected chi connectivity index (χ1v) is 8.14. The summed E-state index contributed by atoms with van der Waals surface area (Å²) in [6, 6.07) is 11.1. The summed E-state index contributed by atoms with van der Waals surface area (Å²) in [5.41, 5.74) is 1.13. The zero-order chi connectivity index (χ0) is 18.0. The number of phenolic OH excluding ortho intramolecular Hbond substituents is 1. The van der Waals surface area contributed by atoms with Gasteiger partial charge in [-0.3, -0.25) is 9.59 Å². The molecule has 1 aliphatic rings. The highest BCUT2D eigenvalue weighted by Gasteiger charge is 2.36. The molecule has 25 heavy (non-hydrogen) atoms. The van der Waals surface area contributed by atoms with Gasteiger partial charge in [-0.25, -0.2) is 4.90 Å². The van der Waals surface area contributed by atoms with E-state index < -0.39 is 5.91 Å². The fourth-order valence-electron chi connectivity index (χ4n) is 2.39. The molecule has 1 saturated heterocycles. The number of thioether (sulfide) groups is 1. The first kappa shape index (κ1) is 16.9. The molecule has 0 aliphatic carbocycles. The van der Waals surface area contributed by atoms with Gasteiger partial charge in [0.15, 0.2) is 11.5 Å². The third-order valence-corrected chi connectivity index (χ3v) is 4.48. The molecule has 2 amide bonds. The number of phenols is 1. The van der Waals surface area contributed by atoms with E-state index in [2.05, 4.69) is 0 Å². The first-order chi connectivity index (χ1) is 12.0. The van der Waals surface area contributed by atoms with Gasteiger partial charge in [0.25, 0.3) is 11.1 Å². The van der Waals surface area contributed by atoms with Gasteiger partial charge < -0.3 is 14.6 Å². The van der Waals surface area contributed by atoms with Gasteiger partial charge >= 0.3 is 0 Å². The van der Waals surface area contributed by atoms with Gasteiger partial charge in [-0.1, -0.05) is 6.07 Å². The molecule has 0 bridgehead atoms. The van der Waals surface area contributed by atoms with Crippen molar-refractivity contribution in [2.75, 3.05) is 19.1 Å². The summed E-state index contributed by atoms with van der Waals surface area (Å²) in [7, 11) is 3.07. The number of nitrogens with zero attached hydrogens (tertiary/aromatic N) is 1. The third-order valence-electron chi connectivity index (χ3n) is 3.61. The number of hydrogen-bond donors (Lipinski definition) is 1. The maximum atomic E-state index is 12.6. The Morgan fingerprint density at radius 2 is 1.68 bits per heavy atom. The number of carbonyl (C=O) groups excluding carboxylic acids is 2. The van der Waals surface area contributed by atoms with Gasteiger partial charge in [0.2, 0.25) is 0 Å². The molecule has 7 heteroatoms. The van der Waals surface area contributed by atoms with E-state index in [0.29, 0.717) is 27.7 Å². The van der Waals surface area contributed by atoms with Crippen LogP contribution in [0.25, 0.3) is 6.08 Å². The zero-order valence-corrected chi connectivity index (χ0v) is 14.4. The summed E-state index contributed by atoms with van der Waals surface area (Å²) < 4.78 is 10.4. The maximum absolute atomic E-state index is 12.6. The van der Waals surface area contributed by atoms with Crippen LogP contribution in [-0.2, 0) is 4.79 Å². The average Bonchev–Trinajstić information content (AvgIpc) is 2.89. The SMILES string of the molecule is COc1ccc(/C=C2\SC(=O)N(c3ccc(O)cc3)C2=O)cc1OC. The van der Waals surface area contributed by atoms with Gasteiger partial charge in [-0.05, 0) is 59.8 Å². The van der Waals surface area contributed by atoms with Gasteiger partial charge in [0.1, 0.15) is 5.75 Å². The molecular weight excluding hydrogens is 342 g/mol. The Bertz CT molecular complexity index is 860. The van der Waals surface area contributed by atoms with E-state index in [1.165, 1.54) is 31.4 Å². The van der Waals surface area contributed by atoms with E-state index in [0.717, 1.165) is 16.7 Å². The van der Waals surface area contributed by atoms with Crippen LogP contribution in [0.5, 0.6) is 17.2 Å². The Kier molecular flexibility index (Phi) is 4.67. The second-order valence-corrected chi connectivity index (χ2v) is 6.14. The van der Waals surface area contributed by atoms with Crippen LogP contribution in [-0.4, -0.2) is 30.5 Å². The molecule has 0 unspecified atom stereocenters. The molecule has 6 nitrogen and oxygen atoms in total. The molecule has 2 aromatic carbocycles. The molecule has 2 aromatic rings. The largest absolute Gasteiger partial charge is 0.508 e. The first-order valence-electron chi connectivity index (χ1n) is 7.32. The number of carbonyl (C=O) groups is 2. The Hall–Kier alpha value is -2.93. The van der Waals surface area contributed by atoms with Crippen molar-refractivity contribution in [3.05, 3.63) is 52.9 Å². The molecule has 0 spiro atoms. The highest BCUT2D eigenvalue weighted by atomic mass is 32.2. The van der Waals surface area contributed by atoms with Crippen LogP contribution < -0.4 is 14.4 Å². The van der Waals surface area contributed by atoms with Gasteiger partial charge in [-0.15, -0.1) is 0 Å². The van der Waals surface area contributed by atoms with Crippen molar-refractivity contribution >= 4 is 34.7 Å². The molecule has 1 N–H and O–H groups in total. The molecule has 1 aliphatic heterocycles. The van der Waals surface area contributed by atoms with Crippen LogP contribution >= 0.6 is 11.8 Å². The second kappa shape index (κ2) is 6.90. The number of anilines is 1. The van der Waals surface area contributed by atoms with Gasteiger partial charge in [-0.2, -0.15) is 0 Å². The van der Waals surface area contributed by atoms with Gasteiger partial charge in [0, 0.05) is 0 Å². The molecule has 0 saturated carbocycles. The van der Waals surface area contributed by atoms with Crippen LogP contribution in [0.4, 0.5) is 10.5 Å². The van der Waals surface area contributed by atoms with E-state index in [4.69, 9.17) is 9.47 Å². The van der Waals surface area contributed by atoms with Crippen molar-refractivity contribution in [2.24, 2.45) is 0 Å². The quantitative estimate of drug-likeness (QED) is 0.842. The highest BCUT2D eigenvalue weighted by Crippen LogP contribution is 2.37. The predicted octanol–water partition coefficient (Wildman–Crippen LogP) is 3.65. The fraction of sp³-hybridized carbons (Fsp3) is 0.111. The Labute approximate surface area is 148 Å². The molecule has 3 rings (SSSR count). The summed E-state index contributed by atoms with van der Waals surface area (Å²) in [6.45, 7) is 0. The van der Waals surface area contributed by atoms with Crippen molar-refractivity contribution in [3.8, 4) is 17.2 Å². The van der Waals surface area contributed by atoms with Crippen molar-refractivity contribution in [1.82, 2.24) is 0 Å². The highest BCUT2D eigenvalue weighted by molar-refractivity contribution is 8.19. The summed E-state index contributed by atoms with van der Waals surface area (Å²) in [6.07, 6.45) is 1.63. The number of hydrogen-bond acceptors (Lipinski definition) is 6. The number of ether oxygens (including phenoxy) is 2. The zero-order valence-electron chi connectivity index (χ0n) is 13.6. The summed E-state index contributed by atoms with van der Waals surface area (Å²) in [5.74, 6) is 0.776. The third kappa shape index (κ3) is 3.32. The second-order valence-electron chi connectivity index (χ2n) is 5.15. The van der Waals surface area contributed by atoms with Crippen molar-refractivity contribution < 1.29 is 24.2 Å². The lowest BCUT2D eigenvalue weighted by atomic mass is 10.2. The summed E-state index contributed by atoms with van der Waals surface area (Å²) in [5, 5.41) is 8.96. The normalized spacial score (nSPS) is 15.8. The standard InChI is InChI=1S/C18H15NO5S/c1-23-14-8-3-11(9-15(14)24-2)10-16-17(21)19(18(22)25-16)12-4-6-13(20)7-5-12/h3-10,20H,1-2H3/b16-10-. The fourth-order valence-corrected chi connectivity index (χ4v) is 3.23. The van der Waals surface area contributed by atoms with Crippen LogP contribution in [0, 0.1) is 0 Å². The minimum absolute atomic E-state index is 0.0663. The number of imide groups is 1. The van der Waals surface area contributed by atoms with Crippen LogP contribution in [0.3, 0.4) is 0 Å². The smallest absolute Gasteiger partial charge is 0.298 e. The molecule has 0 aromatic heterocycles. The van der Waals surface area contributed by atoms with Crippen LogP contribution in [0.2, 0.25) is 0 Å². The Balaban J connectivity index is 1.91. The predicted molar refractivity (Wildman–Crippen MR) is 96.1 cm³/mol. The minimum atomic E-state index is -0.407. The molecule has 1 heterocycles. The van der Waals surface area contributed by atoms with E-state index in [1.54, 1.807) is 31.4 Å². The average molecular weight is 357 g/mol. The van der Waals surface area contributed by atoms with E-state index in [9.17, 15) is 14.7 Å². The van der Waals surface area contributed by atoms with E-state index in [-0.39, 0.29) is 11.0 Å². The molecule has 128 valence electrons. The lowest BCUT2D eigenvalue weighted by Gasteiger charge is -2.12. The van der Waals surface area contributed by atoms with Crippen molar-refractivity contribution in [3.63, 3.8) is 0 Å². The maximum Gasteiger partial charge on any atom is 0.298 e. The monoisotopic (exact) mass is 357 g/mol. The lowest BCUT2D eigenvalue weighted by Crippen LogP contribution is -2.27. The Morgan fingerprint density at radius 1 is 1.00 bits per heavy atom. The number of aromatic hydroxyl groups is 1. The minimum Gasteiger partial charge on any atom is -0.508 e. The van der Waals surface area contributed by atoms with Gasteiger partial charge in [0.05, 0.1) is 24.8 Å². The summed E-state index contributed by atoms with van der Waals surface area (Å²) >= 11 is 0.863. The molecule has 1 fully saturated rings. The Morgan fingerprint density at radius 3 is 2.32 bits per heavy atom. The number of benzene rings is 2. The molecule has 0 atom stereocenters. The van der Waals surface area contributed by atoms with Crippen LogP contribution in [0.15, 0.2) is 47.4 Å². The number of rotatable bonds is 4. The van der Waals surface area contributed by atoms with E-state index in [1.807, 2.05) is 0 Å². The van der Waals surface area contributed by atoms with E-state index >= 15 is 0 Å². The topological polar surface area (TPSA) is 76.1 Å². The van der Waals surface area contributed by atoms with Crippen molar-refractivity contribution in [1.29, 1.82) is 0 Å². The summed E-state index contributed by atoms with van der Waals surface area (Å²) in [4.78, 5) is 26.2.